The molecule has 6 aromatic carbocycles. The molecule has 25 nitrogen and oxygen atoms in total. The van der Waals surface area contributed by atoms with Gasteiger partial charge in [-0.15, -0.1) is 0 Å². The molecular weight excluding hydrogens is 1630 g/mol. The molecule has 1 saturated carbocycles. The zero-order valence-corrected chi connectivity index (χ0v) is 75.6. The number of halogens is 4. The summed E-state index contributed by atoms with van der Waals surface area (Å²) in [5.41, 5.74) is 21.0. The normalized spacial score (nSPS) is 15.2. The summed E-state index contributed by atoms with van der Waals surface area (Å²) in [6.45, 7) is 33.0. The topological polar surface area (TPSA) is 307 Å². The molecule has 16 rings (SSSR count). The lowest BCUT2D eigenvalue weighted by molar-refractivity contribution is -0.124. The molecule has 4 amide bonds. The number of nitrogens with one attached hydrogen (secondary N) is 4. The zero-order chi connectivity index (χ0) is 91.6. The van der Waals surface area contributed by atoms with Gasteiger partial charge < -0.3 is 46.1 Å². The highest BCUT2D eigenvalue weighted by atomic mass is 35.5. The summed E-state index contributed by atoms with van der Waals surface area (Å²) in [7, 11) is 4.81. The van der Waals surface area contributed by atoms with Crippen LogP contribution in [0.1, 0.15) is 159 Å². The van der Waals surface area contributed by atoms with Crippen molar-refractivity contribution in [2.75, 3.05) is 57.9 Å². The van der Waals surface area contributed by atoms with Crippen LogP contribution in [0.25, 0.3) is 84.2 Å². The SMILES string of the molecule is CC(C)(C)Cn1c(N)nc2ccc(-c3[nH]c(C(C)(C)C)nc3-c3ccc(F)cc3)nc21.C[C@@H]1CN(Cc2ccc(F)cc2)[C@@H](C)CN1C(=O)c1cc2c(C(=O)C(=O)N(C)C)cn(C)c2cc1Cl.Cc1c(F)cc(C(=O)NC2CC2)cc1-c1ccc(C(=O)NCC(C)(C)C)cn1.Cc1ccc(-c2nn3c(c2-c2ccc(=O)n(-c4ccccc4C)n2)NC[C@@H](CO)C3)cc1. The summed E-state index contributed by atoms with van der Waals surface area (Å²) < 4.78 is 48.2. The fourth-order valence-electron chi connectivity index (χ4n) is 15.1. The van der Waals surface area contributed by atoms with Crippen LogP contribution in [0, 0.1) is 55.0 Å². The molecular formula is C98H110ClF3N18O7. The van der Waals surface area contributed by atoms with Gasteiger partial charge in [-0.05, 0) is 172 Å². The van der Waals surface area contributed by atoms with Crippen LogP contribution < -0.4 is 27.2 Å². The summed E-state index contributed by atoms with van der Waals surface area (Å²) in [6, 6.07) is 45.6. The van der Waals surface area contributed by atoms with Crippen LogP contribution in [0.15, 0.2) is 175 Å². The van der Waals surface area contributed by atoms with E-state index in [1.54, 1.807) is 96.4 Å². The number of aromatic nitrogens is 11. The molecule has 0 bridgehead atoms. The zero-order valence-electron chi connectivity index (χ0n) is 74.8. The lowest BCUT2D eigenvalue weighted by atomic mass is 9.96. The number of nitrogens with two attached hydrogens (primary N) is 1. The number of piperazine rings is 1. The lowest BCUT2D eigenvalue weighted by Crippen LogP contribution is -2.57. The number of aliphatic hydroxyl groups is 1. The Labute approximate surface area is 742 Å². The van der Waals surface area contributed by atoms with Gasteiger partial charge in [-0.3, -0.25) is 43.2 Å². The fourth-order valence-corrected chi connectivity index (χ4v) is 15.3. The minimum atomic E-state index is -0.636. The molecule has 1 saturated heterocycles. The molecule has 127 heavy (non-hydrogen) atoms. The van der Waals surface area contributed by atoms with Crippen LogP contribution in [-0.2, 0) is 36.9 Å². The lowest BCUT2D eigenvalue weighted by Gasteiger charge is -2.44. The number of likely N-dealkylation sites (N-methyl/N-ethyl adjacent to an activating group) is 1. The second-order valence-electron chi connectivity index (χ2n) is 36.8. The van der Waals surface area contributed by atoms with Crippen LogP contribution >= 0.6 is 11.6 Å². The number of nitrogens with zero attached hydrogens (tertiary/aromatic N) is 13. The van der Waals surface area contributed by atoms with Crippen LogP contribution in [0.4, 0.5) is 24.9 Å². The highest BCUT2D eigenvalue weighted by molar-refractivity contribution is 6.45. The van der Waals surface area contributed by atoms with E-state index in [-0.39, 0.29) is 92.9 Å². The molecule has 0 unspecified atom stereocenters. The number of ketones is 1. The van der Waals surface area contributed by atoms with E-state index in [9.17, 15) is 47.0 Å². The smallest absolute Gasteiger partial charge is 0.294 e. The Morgan fingerprint density at radius 3 is 1.99 bits per heavy atom. The largest absolute Gasteiger partial charge is 0.396 e. The number of pyridine rings is 2. The second-order valence-corrected chi connectivity index (χ2v) is 37.2. The number of H-pyrrole nitrogens is 1. The van der Waals surface area contributed by atoms with Crippen molar-refractivity contribution in [2.24, 2.45) is 23.8 Å². The molecule has 0 radical (unpaired) electrons. The third-order valence-corrected chi connectivity index (χ3v) is 22.7. The molecule has 0 spiro atoms. The first-order valence-electron chi connectivity index (χ1n) is 42.5. The van der Waals surface area contributed by atoms with Crippen molar-refractivity contribution in [1.82, 2.24) is 78.9 Å². The van der Waals surface area contributed by atoms with Gasteiger partial charge in [0, 0.05) is 149 Å². The van der Waals surface area contributed by atoms with Crippen LogP contribution in [-0.4, -0.2) is 168 Å². The van der Waals surface area contributed by atoms with E-state index in [4.69, 9.17) is 37.5 Å². The number of carbonyl (C=O) groups excluding carboxylic acids is 5. The molecule has 29 heteroatoms. The number of fused-ring (bicyclic) bond motifs is 3. The fraction of sp³-hybridized carbons (Fsp3) is 0.347. The molecule has 7 aromatic heterocycles. The molecule has 1 aliphatic carbocycles. The van der Waals surface area contributed by atoms with E-state index >= 15 is 0 Å². The second kappa shape index (κ2) is 37.7. The van der Waals surface area contributed by atoms with Crippen molar-refractivity contribution in [3.8, 4) is 62.1 Å². The van der Waals surface area contributed by atoms with E-state index in [0.29, 0.717) is 101 Å². The highest BCUT2D eigenvalue weighted by Crippen LogP contribution is 2.41. The Hall–Kier alpha value is -12.9. The number of carbonyl (C=O) groups is 5. The van der Waals surface area contributed by atoms with Gasteiger partial charge in [-0.1, -0.05) is 134 Å². The first kappa shape index (κ1) is 91.8. The number of hydrogen-bond acceptors (Lipinski definition) is 16. The van der Waals surface area contributed by atoms with Gasteiger partial charge in [0.1, 0.15) is 40.3 Å². The Kier molecular flexibility index (Phi) is 27.2. The molecule has 7 N–H and O–H groups in total. The summed E-state index contributed by atoms with van der Waals surface area (Å²) in [6.07, 6.45) is 5.00. The molecule has 3 aliphatic rings. The van der Waals surface area contributed by atoms with Crippen molar-refractivity contribution in [3.05, 3.63) is 253 Å². The van der Waals surface area contributed by atoms with E-state index in [1.165, 1.54) is 65.8 Å². The van der Waals surface area contributed by atoms with Gasteiger partial charge in [0.25, 0.3) is 35.0 Å². The summed E-state index contributed by atoms with van der Waals surface area (Å²) in [5, 5.41) is 29.3. The van der Waals surface area contributed by atoms with Crippen LogP contribution in [0.2, 0.25) is 5.02 Å². The minimum absolute atomic E-state index is 0.0147. The van der Waals surface area contributed by atoms with E-state index in [1.807, 2.05) is 92.4 Å². The number of imidazole rings is 2. The summed E-state index contributed by atoms with van der Waals surface area (Å²) in [5.74, 6) is -0.724. The predicted molar refractivity (Wildman–Crippen MR) is 492 cm³/mol. The summed E-state index contributed by atoms with van der Waals surface area (Å²) in [4.78, 5) is 103. The number of amides is 4. The third-order valence-electron chi connectivity index (χ3n) is 22.4. The number of hydrogen-bond donors (Lipinski definition) is 6. The van der Waals surface area contributed by atoms with Crippen LogP contribution in [0.3, 0.4) is 0 Å². The van der Waals surface area contributed by atoms with Gasteiger partial charge in [0.2, 0.25) is 5.95 Å². The Morgan fingerprint density at radius 2 is 1.35 bits per heavy atom. The van der Waals surface area contributed by atoms with E-state index in [2.05, 4.69) is 103 Å². The number of aliphatic hydroxyl groups excluding tert-OH is 1. The summed E-state index contributed by atoms with van der Waals surface area (Å²) >= 11 is 6.56. The Balaban J connectivity index is 0.000000145. The van der Waals surface area contributed by atoms with Gasteiger partial charge >= 0.3 is 0 Å². The van der Waals surface area contributed by atoms with Gasteiger partial charge in [-0.2, -0.15) is 14.9 Å². The monoisotopic (exact) mass is 1740 g/mol. The third kappa shape index (κ3) is 21.4. The number of para-hydroxylation sites is 1. The first-order valence-corrected chi connectivity index (χ1v) is 42.8. The minimum Gasteiger partial charge on any atom is -0.396 e. The molecule has 13 aromatic rings. The standard InChI is InChI=1S/C27H30ClFN4O3.C25H25N5O2.C24H29FN6.C22H26FN3O2/c1-16-13-33(17(2)12-32(16)14-18-6-8-19(29)9-7-18)26(35)21-10-20-22(25(34)27(36)30(3)4)15-31(5)24(20)11-23(21)28;1-16-7-9-19(10-8-16)24-23(25-26-13-18(15-31)14-29(25)28-24)20-11-12-22(32)30(27-20)21-6-4-3-5-17(21)2;1-23(2,3)13-31-20-17(28-22(31)26)12-11-16(27-20)19-18(14-7-9-15(25)10-8-14)29-21(30-19)24(4,5)6;1-13-17(9-15(10-18(13)23)21(28)26-16-6-7-16)19-8-5-14(11-24-19)20(27)25-12-22(2,3)4/h6-11,15-17H,12-14H2,1-5H3;3-12,18,26,31H,13-15H2,1-2H3;7-12H,13H2,1-6H3,(H2,26,28)(H,29,30);5,8-11,16H,6-7,12H2,1-4H3,(H,25,27)(H,26,28)/t16-,17+;18-;;/m01../s1. The molecule has 2 aliphatic heterocycles. The quantitative estimate of drug-likeness (QED) is 0.0365. The van der Waals surface area contributed by atoms with Crippen molar-refractivity contribution in [1.29, 1.82) is 0 Å². The number of aromatic amines is 1. The maximum Gasteiger partial charge on any atom is 0.294 e. The number of nitrogen functional groups attached to an aromatic ring is 1. The number of anilines is 2. The van der Waals surface area contributed by atoms with Crippen molar-refractivity contribution in [2.45, 2.75) is 153 Å². The van der Waals surface area contributed by atoms with Gasteiger partial charge in [-0.25, -0.2) is 32.8 Å². The maximum absolute atomic E-state index is 14.4. The average molecular weight is 1740 g/mol. The Morgan fingerprint density at radius 1 is 0.693 bits per heavy atom. The average Bonchev–Trinajstić information content (AvgIpc) is 1.66. The molecule has 9 heterocycles. The van der Waals surface area contributed by atoms with E-state index in [0.717, 1.165) is 91.9 Å². The number of benzene rings is 6. The van der Waals surface area contributed by atoms with Crippen molar-refractivity contribution < 1.29 is 42.3 Å². The van der Waals surface area contributed by atoms with E-state index < -0.39 is 17.5 Å². The van der Waals surface area contributed by atoms with Gasteiger partial charge in [0.05, 0.1) is 67.0 Å². The molecule has 3 atom stereocenters. The first-order chi connectivity index (χ1) is 60.1. The molecule has 2 fully saturated rings. The van der Waals surface area contributed by atoms with Crippen molar-refractivity contribution in [3.63, 3.8) is 0 Å². The molecule has 662 valence electrons. The number of Topliss-reactive ketones (excluding diaryl/α,β-unsaturated/α-hetero) is 1. The number of aryl methyl sites for hydroxylation is 3. The van der Waals surface area contributed by atoms with Gasteiger partial charge in [0.15, 0.2) is 5.65 Å². The van der Waals surface area contributed by atoms with Crippen LogP contribution in [0.5, 0.6) is 0 Å². The Bertz CT molecular complexity index is 6330. The highest BCUT2D eigenvalue weighted by Gasteiger charge is 2.36. The number of rotatable bonds is 17. The van der Waals surface area contributed by atoms with Crippen molar-refractivity contribution >= 4 is 74.8 Å². The predicted octanol–water partition coefficient (Wildman–Crippen LogP) is 16.8. The maximum atomic E-state index is 14.4.